The van der Waals surface area contributed by atoms with Gasteiger partial charge in [0.15, 0.2) is 0 Å². The van der Waals surface area contributed by atoms with Crippen LogP contribution in [0.3, 0.4) is 0 Å². The van der Waals surface area contributed by atoms with E-state index in [1.54, 1.807) is 0 Å². The fourth-order valence-electron chi connectivity index (χ4n) is 4.01. The Labute approximate surface area is 100.0 Å². The Morgan fingerprint density at radius 2 is 2.00 bits per heavy atom. The minimum Gasteiger partial charge on any atom is -0.299 e. The van der Waals surface area contributed by atoms with Crippen molar-refractivity contribution < 1.29 is 4.79 Å². The molecule has 4 atom stereocenters. The normalized spacial score (nSPS) is 44.6. The molecule has 0 radical (unpaired) electrons. The van der Waals surface area contributed by atoms with Gasteiger partial charge >= 0.3 is 0 Å². The number of fused-ring (bicyclic) bond motifs is 1. The lowest BCUT2D eigenvalue weighted by Crippen LogP contribution is -2.48. The van der Waals surface area contributed by atoms with Gasteiger partial charge in [0.25, 0.3) is 0 Å². The van der Waals surface area contributed by atoms with Gasteiger partial charge in [-0.2, -0.15) is 0 Å². The third-order valence-corrected chi connectivity index (χ3v) is 5.55. The number of carbonyl (C=O) groups is 1. The van der Waals surface area contributed by atoms with E-state index in [4.69, 9.17) is 0 Å². The van der Waals surface area contributed by atoms with E-state index in [1.807, 2.05) is 0 Å². The molecule has 0 aromatic rings. The van der Waals surface area contributed by atoms with E-state index in [0.29, 0.717) is 29.0 Å². The number of carbonyl (C=O) groups excluding carboxylic acids is 1. The summed E-state index contributed by atoms with van der Waals surface area (Å²) in [5.41, 5.74) is 0.308. The monoisotopic (exact) mass is 222 g/mol. The number of rotatable bonds is 1. The molecule has 2 aliphatic carbocycles. The van der Waals surface area contributed by atoms with E-state index in [9.17, 15) is 4.79 Å². The summed E-state index contributed by atoms with van der Waals surface area (Å²) in [4.78, 5) is 12.3. The van der Waals surface area contributed by atoms with Crippen LogP contribution in [-0.4, -0.2) is 5.78 Å². The zero-order chi connectivity index (χ0) is 11.9. The van der Waals surface area contributed by atoms with E-state index in [1.165, 1.54) is 19.3 Å². The molecular weight excluding hydrogens is 196 g/mol. The van der Waals surface area contributed by atoms with Gasteiger partial charge in [-0.05, 0) is 36.0 Å². The predicted molar refractivity (Wildman–Crippen MR) is 67.2 cm³/mol. The van der Waals surface area contributed by atoms with Crippen LogP contribution in [0, 0.1) is 29.1 Å². The summed E-state index contributed by atoms with van der Waals surface area (Å²) < 4.78 is 0. The highest BCUT2D eigenvalue weighted by Crippen LogP contribution is 2.54. The average Bonchev–Trinajstić information content (AvgIpc) is 2.20. The first kappa shape index (κ1) is 12.1. The molecule has 0 aliphatic heterocycles. The van der Waals surface area contributed by atoms with Gasteiger partial charge in [-0.1, -0.05) is 40.5 Å². The van der Waals surface area contributed by atoms with Gasteiger partial charge in [0.2, 0.25) is 0 Å². The Bertz CT molecular complexity index is 281. The summed E-state index contributed by atoms with van der Waals surface area (Å²) in [6.07, 6.45) is 5.88. The number of hydrogen-bond donors (Lipinski definition) is 0. The van der Waals surface area contributed by atoms with Crippen LogP contribution in [0.15, 0.2) is 0 Å². The molecule has 2 fully saturated rings. The third-order valence-electron chi connectivity index (χ3n) is 5.55. The molecule has 0 bridgehead atoms. The Hall–Kier alpha value is -0.330. The van der Waals surface area contributed by atoms with Crippen LogP contribution < -0.4 is 0 Å². The average molecular weight is 222 g/mol. The fourth-order valence-corrected chi connectivity index (χ4v) is 4.01. The molecule has 92 valence electrons. The molecule has 0 saturated heterocycles. The topological polar surface area (TPSA) is 17.1 Å². The van der Waals surface area contributed by atoms with Crippen molar-refractivity contribution in [1.29, 1.82) is 0 Å². The second-order valence-electron chi connectivity index (χ2n) is 6.77. The smallest absolute Gasteiger partial charge is 0.136 e. The predicted octanol–water partition coefficient (Wildman–Crippen LogP) is 4.06. The molecule has 1 heteroatoms. The van der Waals surface area contributed by atoms with Crippen molar-refractivity contribution in [2.75, 3.05) is 0 Å². The van der Waals surface area contributed by atoms with Gasteiger partial charge < -0.3 is 0 Å². The first-order chi connectivity index (χ1) is 7.45. The second-order valence-corrected chi connectivity index (χ2v) is 6.77. The Kier molecular flexibility index (Phi) is 3.16. The van der Waals surface area contributed by atoms with Gasteiger partial charge in [0.1, 0.15) is 5.78 Å². The van der Waals surface area contributed by atoms with Crippen molar-refractivity contribution >= 4 is 5.78 Å². The fraction of sp³-hybridized carbons (Fsp3) is 0.933. The van der Waals surface area contributed by atoms with Crippen molar-refractivity contribution in [2.45, 2.75) is 59.8 Å². The van der Waals surface area contributed by atoms with Gasteiger partial charge in [-0.3, -0.25) is 4.79 Å². The van der Waals surface area contributed by atoms with Crippen molar-refractivity contribution in [1.82, 2.24) is 0 Å². The van der Waals surface area contributed by atoms with E-state index in [0.717, 1.165) is 18.8 Å². The summed E-state index contributed by atoms with van der Waals surface area (Å²) in [6, 6.07) is 0. The summed E-state index contributed by atoms with van der Waals surface area (Å²) in [6.45, 7) is 9.29. The van der Waals surface area contributed by atoms with Crippen LogP contribution in [0.1, 0.15) is 59.8 Å². The zero-order valence-corrected chi connectivity index (χ0v) is 11.3. The molecule has 0 aromatic carbocycles. The maximum absolute atomic E-state index is 12.3. The molecule has 1 nitrogen and oxygen atoms in total. The maximum atomic E-state index is 12.3. The second kappa shape index (κ2) is 4.16. The Morgan fingerprint density at radius 1 is 1.31 bits per heavy atom. The van der Waals surface area contributed by atoms with Gasteiger partial charge in [-0.15, -0.1) is 0 Å². The highest BCUT2D eigenvalue weighted by Gasteiger charge is 2.49. The van der Waals surface area contributed by atoms with Gasteiger partial charge in [0, 0.05) is 12.3 Å². The molecule has 0 spiro atoms. The molecule has 16 heavy (non-hydrogen) atoms. The Morgan fingerprint density at radius 3 is 2.62 bits per heavy atom. The first-order valence-corrected chi connectivity index (χ1v) is 6.98. The lowest BCUT2D eigenvalue weighted by atomic mass is 9.52. The molecule has 0 heterocycles. The van der Waals surface area contributed by atoms with Crippen molar-refractivity contribution in [3.8, 4) is 0 Å². The molecule has 0 aromatic heterocycles. The largest absolute Gasteiger partial charge is 0.299 e. The molecule has 0 amide bonds. The minimum atomic E-state index is 0.308. The van der Waals surface area contributed by atoms with Crippen molar-refractivity contribution in [3.63, 3.8) is 0 Å². The summed E-state index contributed by atoms with van der Waals surface area (Å²) in [7, 11) is 0. The summed E-state index contributed by atoms with van der Waals surface area (Å²) in [5.74, 6) is 2.98. The quantitative estimate of drug-likeness (QED) is 0.654. The molecule has 2 aliphatic rings. The van der Waals surface area contributed by atoms with Crippen LogP contribution in [-0.2, 0) is 4.79 Å². The SMILES string of the molecule is CC(C)[C@H]1CC(=O)[C@@H]2CCC[C@@H](C)[C@]2(C)C1. The van der Waals surface area contributed by atoms with Crippen LogP contribution in [0.2, 0.25) is 0 Å². The lowest BCUT2D eigenvalue weighted by Gasteiger charge is -2.51. The lowest BCUT2D eigenvalue weighted by molar-refractivity contribution is -0.139. The van der Waals surface area contributed by atoms with Gasteiger partial charge in [0.05, 0.1) is 0 Å². The minimum absolute atomic E-state index is 0.308. The highest BCUT2D eigenvalue weighted by atomic mass is 16.1. The van der Waals surface area contributed by atoms with Crippen LogP contribution >= 0.6 is 0 Å². The van der Waals surface area contributed by atoms with E-state index in [2.05, 4.69) is 27.7 Å². The van der Waals surface area contributed by atoms with Gasteiger partial charge in [-0.25, -0.2) is 0 Å². The number of Topliss-reactive ketones (excluding diaryl/α,β-unsaturated/α-hetero) is 1. The van der Waals surface area contributed by atoms with E-state index in [-0.39, 0.29) is 0 Å². The summed E-state index contributed by atoms with van der Waals surface area (Å²) in [5, 5.41) is 0. The zero-order valence-electron chi connectivity index (χ0n) is 11.3. The van der Waals surface area contributed by atoms with Crippen LogP contribution in [0.25, 0.3) is 0 Å². The molecule has 0 N–H and O–H groups in total. The maximum Gasteiger partial charge on any atom is 0.136 e. The number of ketones is 1. The van der Waals surface area contributed by atoms with Crippen LogP contribution in [0.4, 0.5) is 0 Å². The summed E-state index contributed by atoms with van der Waals surface area (Å²) >= 11 is 0. The van der Waals surface area contributed by atoms with E-state index >= 15 is 0 Å². The standard InChI is InChI=1S/C15H26O/c1-10(2)12-8-14(16)13-7-5-6-11(3)15(13,4)9-12/h10-13H,5-9H2,1-4H3/t11-,12+,13+,15+/m1/s1. The number of hydrogen-bond acceptors (Lipinski definition) is 1. The molecule has 2 rings (SSSR count). The Balaban J connectivity index is 2.24. The molecular formula is C15H26O. The van der Waals surface area contributed by atoms with Crippen molar-refractivity contribution in [2.24, 2.45) is 29.1 Å². The molecule has 2 saturated carbocycles. The highest BCUT2D eigenvalue weighted by molar-refractivity contribution is 5.83. The van der Waals surface area contributed by atoms with Crippen molar-refractivity contribution in [3.05, 3.63) is 0 Å². The van der Waals surface area contributed by atoms with Crippen LogP contribution in [0.5, 0.6) is 0 Å². The molecule has 0 unspecified atom stereocenters. The first-order valence-electron chi connectivity index (χ1n) is 6.98. The van der Waals surface area contributed by atoms with E-state index < -0.39 is 0 Å². The third kappa shape index (κ3) is 1.83.